The van der Waals surface area contributed by atoms with Crippen molar-refractivity contribution in [3.05, 3.63) is 41.9 Å². The SMILES string of the molecule is CN1C(=O)C[C@@H](CNc2ccc(C#N)cn2)[C@@H]1c1cnn(C)c1. The maximum atomic E-state index is 12.1. The molecule has 0 aliphatic carbocycles. The van der Waals surface area contributed by atoms with E-state index in [1.807, 2.05) is 32.6 Å². The Morgan fingerprint density at radius 3 is 2.83 bits per heavy atom. The van der Waals surface area contributed by atoms with Crippen molar-refractivity contribution in [2.24, 2.45) is 13.0 Å². The fourth-order valence-corrected chi connectivity index (χ4v) is 3.02. The Bertz CT molecular complexity index is 745. The first-order chi connectivity index (χ1) is 11.1. The summed E-state index contributed by atoms with van der Waals surface area (Å²) in [4.78, 5) is 18.1. The van der Waals surface area contributed by atoms with E-state index < -0.39 is 0 Å². The van der Waals surface area contributed by atoms with Crippen molar-refractivity contribution in [1.82, 2.24) is 19.7 Å². The number of likely N-dealkylation sites (tertiary alicyclic amines) is 1. The minimum Gasteiger partial charge on any atom is -0.370 e. The molecule has 1 aliphatic rings. The van der Waals surface area contributed by atoms with Crippen LogP contribution in [0, 0.1) is 17.2 Å². The highest BCUT2D eigenvalue weighted by molar-refractivity contribution is 5.79. The van der Waals surface area contributed by atoms with E-state index in [-0.39, 0.29) is 17.9 Å². The summed E-state index contributed by atoms with van der Waals surface area (Å²) < 4.78 is 1.75. The van der Waals surface area contributed by atoms with Crippen LogP contribution >= 0.6 is 0 Å². The van der Waals surface area contributed by atoms with Gasteiger partial charge in [-0.05, 0) is 12.1 Å². The predicted octanol–water partition coefficient (Wildman–Crippen LogP) is 1.32. The second-order valence-electron chi connectivity index (χ2n) is 5.79. The van der Waals surface area contributed by atoms with Crippen LogP contribution in [-0.4, -0.2) is 39.2 Å². The van der Waals surface area contributed by atoms with Crippen LogP contribution in [0.2, 0.25) is 0 Å². The summed E-state index contributed by atoms with van der Waals surface area (Å²) in [5.74, 6) is 0.989. The molecule has 0 aromatic carbocycles. The zero-order valence-corrected chi connectivity index (χ0v) is 13.1. The highest BCUT2D eigenvalue weighted by Gasteiger charge is 2.38. The van der Waals surface area contributed by atoms with Gasteiger partial charge in [0.15, 0.2) is 0 Å². The number of carbonyl (C=O) groups is 1. The Labute approximate surface area is 134 Å². The van der Waals surface area contributed by atoms with Gasteiger partial charge < -0.3 is 10.2 Å². The van der Waals surface area contributed by atoms with Crippen molar-refractivity contribution in [3.8, 4) is 6.07 Å². The van der Waals surface area contributed by atoms with Crippen molar-refractivity contribution in [2.45, 2.75) is 12.5 Å². The van der Waals surface area contributed by atoms with Crippen molar-refractivity contribution in [3.63, 3.8) is 0 Å². The molecule has 3 rings (SSSR count). The van der Waals surface area contributed by atoms with Crippen LogP contribution in [0.5, 0.6) is 0 Å². The van der Waals surface area contributed by atoms with Crippen molar-refractivity contribution in [1.29, 1.82) is 5.26 Å². The molecule has 1 saturated heterocycles. The quantitative estimate of drug-likeness (QED) is 0.920. The lowest BCUT2D eigenvalue weighted by molar-refractivity contribution is -0.127. The number of aromatic nitrogens is 3. The molecule has 0 spiro atoms. The van der Waals surface area contributed by atoms with E-state index in [0.717, 1.165) is 5.56 Å². The van der Waals surface area contributed by atoms with Gasteiger partial charge in [0, 0.05) is 50.9 Å². The molecule has 23 heavy (non-hydrogen) atoms. The molecule has 7 heteroatoms. The Hall–Kier alpha value is -2.88. The summed E-state index contributed by atoms with van der Waals surface area (Å²) in [5.41, 5.74) is 1.57. The Kier molecular flexibility index (Phi) is 3.98. The second-order valence-corrected chi connectivity index (χ2v) is 5.79. The van der Waals surface area contributed by atoms with Crippen molar-refractivity contribution < 1.29 is 4.79 Å². The molecular weight excluding hydrogens is 292 g/mol. The molecule has 1 fully saturated rings. The van der Waals surface area contributed by atoms with Crippen molar-refractivity contribution in [2.75, 3.05) is 18.9 Å². The number of nitrogens with one attached hydrogen (secondary N) is 1. The number of rotatable bonds is 4. The van der Waals surface area contributed by atoms with Crippen molar-refractivity contribution >= 4 is 11.7 Å². The van der Waals surface area contributed by atoms with Gasteiger partial charge in [-0.1, -0.05) is 0 Å². The first-order valence-corrected chi connectivity index (χ1v) is 7.42. The van der Waals surface area contributed by atoms with Gasteiger partial charge in [-0.2, -0.15) is 10.4 Å². The summed E-state index contributed by atoms with van der Waals surface area (Å²) in [6.07, 6.45) is 5.80. The third-order valence-electron chi connectivity index (χ3n) is 4.20. The molecule has 2 atom stereocenters. The third kappa shape index (κ3) is 3.01. The van der Waals surface area contributed by atoms with Gasteiger partial charge in [0.05, 0.1) is 17.8 Å². The van der Waals surface area contributed by atoms with Gasteiger partial charge in [0.1, 0.15) is 11.9 Å². The number of hydrogen-bond acceptors (Lipinski definition) is 5. The fraction of sp³-hybridized carbons (Fsp3) is 0.375. The standard InChI is InChI=1S/C16H18N6O/c1-21-10-13(9-20-21)16-12(5-15(23)22(16)2)8-19-14-4-3-11(6-17)7-18-14/h3-4,7,9-10,12,16H,5,8H2,1-2H3,(H,18,19)/t12-,16+/m0/s1. The zero-order valence-electron chi connectivity index (χ0n) is 13.1. The normalized spacial score (nSPS) is 20.6. The van der Waals surface area contributed by atoms with Gasteiger partial charge >= 0.3 is 0 Å². The molecule has 0 bridgehead atoms. The Balaban J connectivity index is 1.72. The average molecular weight is 310 g/mol. The number of hydrogen-bond donors (Lipinski definition) is 1. The third-order valence-corrected chi connectivity index (χ3v) is 4.20. The van der Waals surface area contributed by atoms with Crippen LogP contribution < -0.4 is 5.32 Å². The number of nitriles is 1. The van der Waals surface area contributed by atoms with Gasteiger partial charge in [-0.15, -0.1) is 0 Å². The lowest BCUT2D eigenvalue weighted by Crippen LogP contribution is -2.26. The maximum absolute atomic E-state index is 12.1. The lowest BCUT2D eigenvalue weighted by Gasteiger charge is -2.24. The summed E-state index contributed by atoms with van der Waals surface area (Å²) in [6, 6.07) is 5.56. The fourth-order valence-electron chi connectivity index (χ4n) is 3.02. The summed E-state index contributed by atoms with van der Waals surface area (Å²) in [6.45, 7) is 0.633. The van der Waals surface area contributed by atoms with E-state index in [0.29, 0.717) is 24.3 Å². The molecular formula is C16H18N6O. The molecule has 7 nitrogen and oxygen atoms in total. The molecule has 0 radical (unpaired) electrons. The predicted molar refractivity (Wildman–Crippen MR) is 84.3 cm³/mol. The average Bonchev–Trinajstić information content (AvgIpc) is 3.09. The zero-order chi connectivity index (χ0) is 16.4. The molecule has 1 N–H and O–H groups in total. The number of pyridine rings is 1. The Morgan fingerprint density at radius 1 is 1.39 bits per heavy atom. The van der Waals surface area contributed by atoms with Gasteiger partial charge in [-0.3, -0.25) is 9.48 Å². The van der Waals surface area contributed by atoms with Crippen LogP contribution in [0.15, 0.2) is 30.7 Å². The second kappa shape index (κ2) is 6.08. The van der Waals surface area contributed by atoms with Gasteiger partial charge in [-0.25, -0.2) is 4.98 Å². The summed E-state index contributed by atoms with van der Waals surface area (Å²) in [7, 11) is 3.70. The minimum absolute atomic E-state index is 0.0158. The van der Waals surface area contributed by atoms with Gasteiger partial charge in [0.2, 0.25) is 5.91 Å². The Morgan fingerprint density at radius 2 is 2.22 bits per heavy atom. The van der Waals surface area contributed by atoms with Crippen LogP contribution in [-0.2, 0) is 11.8 Å². The molecule has 1 aliphatic heterocycles. The largest absolute Gasteiger partial charge is 0.370 e. The smallest absolute Gasteiger partial charge is 0.223 e. The monoisotopic (exact) mass is 310 g/mol. The molecule has 118 valence electrons. The lowest BCUT2D eigenvalue weighted by atomic mass is 9.96. The number of anilines is 1. The molecule has 0 unspecified atom stereocenters. The van der Waals surface area contributed by atoms with Crippen LogP contribution in [0.1, 0.15) is 23.6 Å². The number of aryl methyl sites for hydroxylation is 1. The summed E-state index contributed by atoms with van der Waals surface area (Å²) >= 11 is 0. The van der Waals surface area contributed by atoms with E-state index in [2.05, 4.69) is 15.4 Å². The first-order valence-electron chi connectivity index (χ1n) is 7.42. The maximum Gasteiger partial charge on any atom is 0.223 e. The van der Waals surface area contributed by atoms with Gasteiger partial charge in [0.25, 0.3) is 0 Å². The number of nitrogens with zero attached hydrogens (tertiary/aromatic N) is 5. The number of carbonyl (C=O) groups excluding carboxylic acids is 1. The molecule has 1 amide bonds. The van der Waals surface area contributed by atoms with E-state index in [9.17, 15) is 4.79 Å². The number of amides is 1. The van der Waals surface area contributed by atoms with Crippen LogP contribution in [0.4, 0.5) is 5.82 Å². The van der Waals surface area contributed by atoms with E-state index in [4.69, 9.17) is 5.26 Å². The van der Waals surface area contributed by atoms with E-state index in [1.54, 1.807) is 21.7 Å². The molecule has 2 aromatic rings. The highest BCUT2D eigenvalue weighted by atomic mass is 16.2. The highest BCUT2D eigenvalue weighted by Crippen LogP contribution is 2.36. The topological polar surface area (TPSA) is 86.8 Å². The molecule has 0 saturated carbocycles. The van der Waals surface area contributed by atoms with E-state index >= 15 is 0 Å². The van der Waals surface area contributed by atoms with Crippen LogP contribution in [0.25, 0.3) is 0 Å². The summed E-state index contributed by atoms with van der Waals surface area (Å²) in [5, 5.41) is 16.3. The molecule has 2 aromatic heterocycles. The molecule has 3 heterocycles. The minimum atomic E-state index is 0.0158. The first kappa shape index (κ1) is 15.0. The van der Waals surface area contributed by atoms with E-state index in [1.165, 1.54) is 6.20 Å². The van der Waals surface area contributed by atoms with Crippen LogP contribution in [0.3, 0.4) is 0 Å².